The van der Waals surface area contributed by atoms with E-state index in [4.69, 9.17) is 20.9 Å². The minimum Gasteiger partial charge on any atom is -0.447 e. The summed E-state index contributed by atoms with van der Waals surface area (Å²) in [5.74, 6) is 1.83. The summed E-state index contributed by atoms with van der Waals surface area (Å²) in [4.78, 5) is 31.0. The molecular weight excluding hydrogens is 410 g/mol. The van der Waals surface area contributed by atoms with Crippen molar-refractivity contribution in [2.45, 2.75) is 39.3 Å². The van der Waals surface area contributed by atoms with Crippen molar-refractivity contribution in [1.82, 2.24) is 25.1 Å². The Kier molecular flexibility index (Phi) is 5.49. The monoisotopic (exact) mass is 429 g/mol. The molecule has 0 radical (unpaired) electrons. The molecule has 1 aliphatic heterocycles. The van der Waals surface area contributed by atoms with E-state index in [2.05, 4.69) is 30.4 Å². The molecule has 0 aliphatic carbocycles. The number of carbonyl (C=O) groups excluding carboxylic acids is 1. The number of carbonyl (C=O) groups is 1. The van der Waals surface area contributed by atoms with Gasteiger partial charge >= 0.3 is 6.09 Å². The number of hydrogen-bond acceptors (Lipinski definition) is 9. The van der Waals surface area contributed by atoms with E-state index in [1.54, 1.807) is 19.1 Å². The smallest absolute Gasteiger partial charge is 0.417 e. The van der Waals surface area contributed by atoms with Crippen molar-refractivity contribution in [3.63, 3.8) is 0 Å². The summed E-state index contributed by atoms with van der Waals surface area (Å²) in [5, 5.41) is 7.77. The van der Waals surface area contributed by atoms with Crippen LogP contribution in [0.1, 0.15) is 38.0 Å². The summed E-state index contributed by atoms with van der Waals surface area (Å²) in [5.41, 5.74) is 0.790. The first kappa shape index (κ1) is 20.0. The number of rotatable bonds is 6. The molecule has 0 unspecified atom stereocenters. The van der Waals surface area contributed by atoms with Crippen LogP contribution < -0.4 is 10.2 Å². The molecule has 30 heavy (non-hydrogen) atoms. The van der Waals surface area contributed by atoms with Gasteiger partial charge in [-0.15, -0.1) is 0 Å². The number of ether oxygens (including phenoxy) is 1. The quantitative estimate of drug-likeness (QED) is 0.623. The summed E-state index contributed by atoms with van der Waals surface area (Å²) < 4.78 is 10.5. The Labute approximate surface area is 177 Å². The lowest BCUT2D eigenvalue weighted by atomic mass is 10.2. The lowest BCUT2D eigenvalue weighted by Gasteiger charge is -2.19. The highest BCUT2D eigenvalue weighted by Crippen LogP contribution is 2.25. The molecule has 1 N–H and O–H groups in total. The normalized spacial score (nSPS) is 17.1. The average Bonchev–Trinajstić information content (AvgIpc) is 3.35. The van der Waals surface area contributed by atoms with E-state index < -0.39 is 6.09 Å². The maximum Gasteiger partial charge on any atom is 0.417 e. The van der Waals surface area contributed by atoms with Gasteiger partial charge in [0.25, 0.3) is 0 Å². The number of benzene rings is 1. The Balaban J connectivity index is 1.54. The SMILES string of the molecule is CC[C@H]1COC(=O)N1c1nc(C)nc(N[C@@H](C)c2nc(-c3ccc(Cl)cc3)no2)n1. The Morgan fingerprint density at radius 2 is 2.00 bits per heavy atom. The predicted molar refractivity (Wildman–Crippen MR) is 109 cm³/mol. The molecule has 0 saturated carbocycles. The van der Waals surface area contributed by atoms with Crippen LogP contribution >= 0.6 is 11.6 Å². The van der Waals surface area contributed by atoms with Crippen molar-refractivity contribution >= 4 is 29.6 Å². The topological polar surface area (TPSA) is 119 Å². The molecule has 0 bridgehead atoms. The Morgan fingerprint density at radius 1 is 1.23 bits per heavy atom. The van der Waals surface area contributed by atoms with Crippen LogP contribution in [-0.4, -0.2) is 43.8 Å². The lowest BCUT2D eigenvalue weighted by Crippen LogP contribution is -2.34. The fraction of sp³-hybridized carbons (Fsp3) is 0.368. The minimum absolute atomic E-state index is 0.109. The highest BCUT2D eigenvalue weighted by atomic mass is 35.5. The molecule has 1 fully saturated rings. The average molecular weight is 430 g/mol. The largest absolute Gasteiger partial charge is 0.447 e. The van der Waals surface area contributed by atoms with Gasteiger partial charge in [-0.2, -0.15) is 19.9 Å². The molecular formula is C19H20ClN7O3. The second kappa shape index (κ2) is 8.23. The van der Waals surface area contributed by atoms with Crippen molar-refractivity contribution in [3.05, 3.63) is 41.0 Å². The number of hydrogen-bond donors (Lipinski definition) is 1. The first-order valence-electron chi connectivity index (χ1n) is 9.49. The van der Waals surface area contributed by atoms with Gasteiger partial charge < -0.3 is 14.6 Å². The molecule has 3 aromatic rings. The van der Waals surface area contributed by atoms with Crippen LogP contribution in [0.3, 0.4) is 0 Å². The summed E-state index contributed by atoms with van der Waals surface area (Å²) in [7, 11) is 0. The van der Waals surface area contributed by atoms with E-state index in [0.29, 0.717) is 35.1 Å². The lowest BCUT2D eigenvalue weighted by molar-refractivity contribution is 0.178. The zero-order valence-corrected chi connectivity index (χ0v) is 17.4. The van der Waals surface area contributed by atoms with Crippen molar-refractivity contribution in [1.29, 1.82) is 0 Å². The van der Waals surface area contributed by atoms with Crippen molar-refractivity contribution in [2.75, 3.05) is 16.8 Å². The van der Waals surface area contributed by atoms with Crippen LogP contribution in [0.4, 0.5) is 16.7 Å². The van der Waals surface area contributed by atoms with E-state index in [-0.39, 0.29) is 18.0 Å². The van der Waals surface area contributed by atoms with E-state index in [9.17, 15) is 4.79 Å². The standard InChI is InChI=1S/C19H20ClN7O3/c1-4-14-9-29-19(28)27(14)18-23-11(3)22-17(25-18)21-10(2)16-24-15(26-30-16)12-5-7-13(20)8-6-12/h5-8,10,14H,4,9H2,1-3H3,(H,21,22,23,25)/t10-,14-/m0/s1. The number of nitrogens with zero attached hydrogens (tertiary/aromatic N) is 6. The first-order chi connectivity index (χ1) is 14.4. The molecule has 2 aromatic heterocycles. The van der Waals surface area contributed by atoms with Crippen molar-refractivity contribution in [3.8, 4) is 11.4 Å². The summed E-state index contributed by atoms with van der Waals surface area (Å²) >= 11 is 5.92. The Morgan fingerprint density at radius 3 is 2.73 bits per heavy atom. The number of cyclic esters (lactones) is 1. The Bertz CT molecular complexity index is 1060. The van der Waals surface area contributed by atoms with Crippen LogP contribution in [0, 0.1) is 6.92 Å². The molecule has 11 heteroatoms. The molecule has 1 amide bonds. The third kappa shape index (κ3) is 4.04. The van der Waals surface area contributed by atoms with E-state index in [1.165, 1.54) is 4.90 Å². The third-order valence-electron chi connectivity index (χ3n) is 4.64. The number of amides is 1. The fourth-order valence-corrected chi connectivity index (χ4v) is 3.15. The minimum atomic E-state index is -0.462. The Hall–Kier alpha value is -3.27. The molecule has 4 rings (SSSR count). The molecule has 1 aromatic carbocycles. The van der Waals surface area contributed by atoms with Crippen molar-refractivity contribution < 1.29 is 14.1 Å². The molecule has 0 spiro atoms. The molecule has 156 valence electrons. The van der Waals surface area contributed by atoms with Gasteiger partial charge in [0.1, 0.15) is 18.5 Å². The van der Waals surface area contributed by atoms with Gasteiger partial charge in [0.15, 0.2) is 0 Å². The molecule has 10 nitrogen and oxygen atoms in total. The highest BCUT2D eigenvalue weighted by Gasteiger charge is 2.35. The van der Waals surface area contributed by atoms with Gasteiger partial charge in [-0.25, -0.2) is 9.69 Å². The number of halogens is 1. The van der Waals surface area contributed by atoms with Crippen LogP contribution in [0.25, 0.3) is 11.4 Å². The summed E-state index contributed by atoms with van der Waals surface area (Å²) in [6, 6.07) is 6.67. The molecule has 2 atom stereocenters. The maximum atomic E-state index is 12.1. The second-order valence-electron chi connectivity index (χ2n) is 6.84. The van der Waals surface area contributed by atoms with Crippen LogP contribution in [0.2, 0.25) is 5.02 Å². The highest BCUT2D eigenvalue weighted by molar-refractivity contribution is 6.30. The number of aromatic nitrogens is 5. The first-order valence-corrected chi connectivity index (χ1v) is 9.87. The van der Waals surface area contributed by atoms with Crippen molar-refractivity contribution in [2.24, 2.45) is 0 Å². The molecule has 3 heterocycles. The second-order valence-corrected chi connectivity index (χ2v) is 7.28. The van der Waals surface area contributed by atoms with Gasteiger partial charge in [-0.05, 0) is 44.5 Å². The van der Waals surface area contributed by atoms with Gasteiger partial charge in [-0.1, -0.05) is 23.7 Å². The molecule has 1 aliphatic rings. The zero-order valence-electron chi connectivity index (χ0n) is 16.7. The van der Waals surface area contributed by atoms with Crippen LogP contribution in [-0.2, 0) is 4.74 Å². The number of anilines is 2. The third-order valence-corrected chi connectivity index (χ3v) is 4.90. The van der Waals surface area contributed by atoms with Gasteiger partial charge in [0.05, 0.1) is 6.04 Å². The summed E-state index contributed by atoms with van der Waals surface area (Å²) in [6.07, 6.45) is 0.265. The summed E-state index contributed by atoms with van der Waals surface area (Å²) in [6.45, 7) is 5.86. The number of nitrogens with one attached hydrogen (secondary N) is 1. The molecule has 1 saturated heterocycles. The van der Waals surface area contributed by atoms with E-state index in [1.807, 2.05) is 26.0 Å². The predicted octanol–water partition coefficient (Wildman–Crippen LogP) is 3.79. The maximum absolute atomic E-state index is 12.1. The zero-order chi connectivity index (χ0) is 21.3. The van der Waals surface area contributed by atoms with Gasteiger partial charge in [0.2, 0.25) is 23.6 Å². The van der Waals surface area contributed by atoms with Crippen LogP contribution in [0.5, 0.6) is 0 Å². The van der Waals surface area contributed by atoms with Gasteiger partial charge in [0, 0.05) is 10.6 Å². The number of aryl methyl sites for hydroxylation is 1. The van der Waals surface area contributed by atoms with Gasteiger partial charge in [-0.3, -0.25) is 0 Å². The van der Waals surface area contributed by atoms with Crippen LogP contribution in [0.15, 0.2) is 28.8 Å². The fourth-order valence-electron chi connectivity index (χ4n) is 3.03. The van der Waals surface area contributed by atoms with E-state index in [0.717, 1.165) is 12.0 Å². The van der Waals surface area contributed by atoms with E-state index >= 15 is 0 Å².